The zero-order valence-electron chi connectivity index (χ0n) is 13.5. The lowest BCUT2D eigenvalue weighted by molar-refractivity contribution is 0.467. The number of fused-ring (bicyclic) bond motifs is 1. The van der Waals surface area contributed by atoms with Gasteiger partial charge in [-0.05, 0) is 30.4 Å². The molecule has 0 radical (unpaired) electrons. The third-order valence-corrected chi connectivity index (χ3v) is 5.03. The van der Waals surface area contributed by atoms with Crippen molar-refractivity contribution in [1.29, 1.82) is 0 Å². The number of nitrogen functional groups attached to an aromatic ring is 1. The molecule has 0 saturated heterocycles. The van der Waals surface area contributed by atoms with Crippen molar-refractivity contribution in [2.24, 2.45) is 0 Å². The standard InChI is InChI=1S/C18H28N4/c19-18-17-12-16(13-22(17)21-14-20-18)15-10-8-6-4-2-1-3-5-7-9-11-15/h12-15H,1-11H2,(H2,19,20,21). The summed E-state index contributed by atoms with van der Waals surface area (Å²) in [6.07, 6.45) is 18.8. The van der Waals surface area contributed by atoms with Gasteiger partial charge in [-0.3, -0.25) is 0 Å². The van der Waals surface area contributed by atoms with Crippen molar-refractivity contribution in [2.45, 2.75) is 76.5 Å². The average molecular weight is 300 g/mol. The van der Waals surface area contributed by atoms with Gasteiger partial charge in [0.05, 0.1) is 0 Å². The van der Waals surface area contributed by atoms with Crippen molar-refractivity contribution in [3.05, 3.63) is 24.2 Å². The van der Waals surface area contributed by atoms with Gasteiger partial charge in [0, 0.05) is 6.20 Å². The molecule has 0 bridgehead atoms. The van der Waals surface area contributed by atoms with Crippen LogP contribution >= 0.6 is 0 Å². The van der Waals surface area contributed by atoms with Gasteiger partial charge >= 0.3 is 0 Å². The van der Waals surface area contributed by atoms with Gasteiger partial charge < -0.3 is 5.73 Å². The van der Waals surface area contributed by atoms with Crippen LogP contribution < -0.4 is 5.73 Å². The lowest BCUT2D eigenvalue weighted by Gasteiger charge is -2.16. The largest absolute Gasteiger partial charge is 0.382 e. The van der Waals surface area contributed by atoms with Crippen LogP contribution in [0.1, 0.15) is 82.1 Å². The summed E-state index contributed by atoms with van der Waals surface area (Å²) in [5.41, 5.74) is 8.31. The number of nitrogens with zero attached hydrogens (tertiary/aromatic N) is 3. The zero-order valence-corrected chi connectivity index (χ0v) is 13.5. The van der Waals surface area contributed by atoms with Crippen molar-refractivity contribution in [3.63, 3.8) is 0 Å². The fourth-order valence-electron chi connectivity index (χ4n) is 3.69. The maximum absolute atomic E-state index is 5.97. The molecule has 22 heavy (non-hydrogen) atoms. The molecule has 120 valence electrons. The normalized spacial score (nSPS) is 19.6. The zero-order chi connectivity index (χ0) is 15.2. The molecule has 1 fully saturated rings. The first-order valence-electron chi connectivity index (χ1n) is 8.93. The van der Waals surface area contributed by atoms with E-state index in [9.17, 15) is 0 Å². The molecule has 3 rings (SSSR count). The maximum atomic E-state index is 5.97. The minimum atomic E-state index is 0.578. The van der Waals surface area contributed by atoms with Gasteiger partial charge in [-0.15, -0.1) is 0 Å². The second kappa shape index (κ2) is 7.61. The third-order valence-electron chi connectivity index (χ3n) is 5.03. The molecule has 0 aliphatic heterocycles. The second-order valence-electron chi connectivity index (χ2n) is 6.70. The predicted molar refractivity (Wildman–Crippen MR) is 90.9 cm³/mol. The Balaban J connectivity index is 1.74. The molecule has 2 heterocycles. The molecule has 4 heteroatoms. The molecular formula is C18H28N4. The molecule has 0 amide bonds. The minimum Gasteiger partial charge on any atom is -0.382 e. The van der Waals surface area contributed by atoms with Gasteiger partial charge in [-0.2, -0.15) is 5.10 Å². The molecule has 1 aliphatic carbocycles. The third kappa shape index (κ3) is 3.79. The van der Waals surface area contributed by atoms with E-state index >= 15 is 0 Å². The van der Waals surface area contributed by atoms with E-state index < -0.39 is 0 Å². The van der Waals surface area contributed by atoms with E-state index in [1.165, 1.54) is 82.5 Å². The van der Waals surface area contributed by atoms with E-state index in [4.69, 9.17) is 5.73 Å². The van der Waals surface area contributed by atoms with Crippen LogP contribution in [0, 0.1) is 0 Å². The van der Waals surface area contributed by atoms with E-state index in [-0.39, 0.29) is 0 Å². The Morgan fingerprint density at radius 3 is 2.09 bits per heavy atom. The summed E-state index contributed by atoms with van der Waals surface area (Å²) in [5.74, 6) is 1.23. The molecule has 1 saturated carbocycles. The Morgan fingerprint density at radius 2 is 1.50 bits per heavy atom. The minimum absolute atomic E-state index is 0.578. The number of rotatable bonds is 1. The second-order valence-corrected chi connectivity index (χ2v) is 6.70. The first kappa shape index (κ1) is 15.3. The number of nitrogens with two attached hydrogens (primary N) is 1. The van der Waals surface area contributed by atoms with Crippen LogP contribution in [0.15, 0.2) is 18.6 Å². The summed E-state index contributed by atoms with van der Waals surface area (Å²) in [6, 6.07) is 2.20. The molecule has 0 atom stereocenters. The van der Waals surface area contributed by atoms with E-state index in [0.717, 1.165) is 5.52 Å². The molecule has 1 aliphatic rings. The van der Waals surface area contributed by atoms with Gasteiger partial charge in [-0.25, -0.2) is 9.50 Å². The van der Waals surface area contributed by atoms with Crippen molar-refractivity contribution in [3.8, 4) is 0 Å². The molecule has 4 nitrogen and oxygen atoms in total. The fraction of sp³-hybridized carbons (Fsp3) is 0.667. The molecule has 2 aromatic rings. The number of hydrogen-bond acceptors (Lipinski definition) is 3. The molecular weight excluding hydrogens is 272 g/mol. The highest BCUT2D eigenvalue weighted by Crippen LogP contribution is 2.31. The van der Waals surface area contributed by atoms with Crippen LogP contribution in [0.2, 0.25) is 0 Å². The summed E-state index contributed by atoms with van der Waals surface area (Å²) in [7, 11) is 0. The summed E-state index contributed by atoms with van der Waals surface area (Å²) >= 11 is 0. The first-order chi connectivity index (χ1) is 10.8. The Hall–Kier alpha value is -1.58. The van der Waals surface area contributed by atoms with Crippen LogP contribution in [-0.4, -0.2) is 14.6 Å². The molecule has 0 spiro atoms. The van der Waals surface area contributed by atoms with Gasteiger partial charge in [0.1, 0.15) is 11.8 Å². The molecule has 2 aromatic heterocycles. The fourth-order valence-corrected chi connectivity index (χ4v) is 3.69. The first-order valence-corrected chi connectivity index (χ1v) is 8.93. The summed E-state index contributed by atoms with van der Waals surface area (Å²) in [5, 5.41) is 4.29. The van der Waals surface area contributed by atoms with Crippen LogP contribution in [0.3, 0.4) is 0 Å². The number of hydrogen-bond donors (Lipinski definition) is 1. The van der Waals surface area contributed by atoms with Crippen molar-refractivity contribution < 1.29 is 0 Å². The number of anilines is 1. The van der Waals surface area contributed by atoms with E-state index in [1.54, 1.807) is 0 Å². The summed E-state index contributed by atoms with van der Waals surface area (Å²) in [4.78, 5) is 4.10. The lowest BCUT2D eigenvalue weighted by atomic mass is 9.89. The quantitative estimate of drug-likeness (QED) is 0.830. The van der Waals surface area contributed by atoms with Crippen LogP contribution in [0.4, 0.5) is 5.82 Å². The Labute approximate surface area is 133 Å². The van der Waals surface area contributed by atoms with E-state index in [0.29, 0.717) is 11.7 Å². The SMILES string of the molecule is Nc1ncnn2cc(C3CCCCCCCCCCC3)cc12. The van der Waals surface area contributed by atoms with E-state index in [2.05, 4.69) is 22.3 Å². The number of aromatic nitrogens is 3. The maximum Gasteiger partial charge on any atom is 0.151 e. The van der Waals surface area contributed by atoms with Crippen molar-refractivity contribution >= 4 is 11.3 Å². The average Bonchev–Trinajstić information content (AvgIpc) is 2.93. The van der Waals surface area contributed by atoms with Gasteiger partial charge in [0.25, 0.3) is 0 Å². The van der Waals surface area contributed by atoms with E-state index in [1.807, 2.05) is 4.52 Å². The van der Waals surface area contributed by atoms with Gasteiger partial charge in [0.2, 0.25) is 0 Å². The van der Waals surface area contributed by atoms with Crippen LogP contribution in [0.5, 0.6) is 0 Å². The smallest absolute Gasteiger partial charge is 0.151 e. The monoisotopic (exact) mass is 300 g/mol. The Bertz CT molecular complexity index is 578. The summed E-state index contributed by atoms with van der Waals surface area (Å²) < 4.78 is 1.88. The predicted octanol–water partition coefficient (Wildman–Crippen LogP) is 4.70. The topological polar surface area (TPSA) is 56.2 Å². The summed E-state index contributed by atoms with van der Waals surface area (Å²) in [6.45, 7) is 0. The highest BCUT2D eigenvalue weighted by molar-refractivity contribution is 5.66. The molecule has 2 N–H and O–H groups in total. The van der Waals surface area contributed by atoms with Gasteiger partial charge in [0.15, 0.2) is 5.82 Å². The highest BCUT2D eigenvalue weighted by Gasteiger charge is 2.15. The highest BCUT2D eigenvalue weighted by atomic mass is 15.2. The van der Waals surface area contributed by atoms with Gasteiger partial charge in [-0.1, -0.05) is 57.8 Å². The lowest BCUT2D eigenvalue weighted by Crippen LogP contribution is -1.99. The Kier molecular flexibility index (Phi) is 5.30. The van der Waals surface area contributed by atoms with Crippen molar-refractivity contribution in [1.82, 2.24) is 14.6 Å². The van der Waals surface area contributed by atoms with Crippen molar-refractivity contribution in [2.75, 3.05) is 5.73 Å². The molecule has 0 unspecified atom stereocenters. The van der Waals surface area contributed by atoms with Crippen LogP contribution in [0.25, 0.3) is 5.52 Å². The Morgan fingerprint density at radius 1 is 0.909 bits per heavy atom. The molecule has 0 aromatic carbocycles. The van der Waals surface area contributed by atoms with Crippen LogP contribution in [-0.2, 0) is 0 Å².